The zero-order chi connectivity index (χ0) is 19.1. The van der Waals surface area contributed by atoms with Gasteiger partial charge >= 0.3 is 11.9 Å². The molecule has 2 atom stereocenters. The number of piperidine rings is 1. The Morgan fingerprint density at radius 2 is 1.69 bits per heavy atom. The number of hydrogen-bond acceptors (Lipinski definition) is 5. The number of rotatable bonds is 8. The maximum Gasteiger partial charge on any atom is 0.312 e. The van der Waals surface area contributed by atoms with Gasteiger partial charge in [-0.1, -0.05) is 11.6 Å². The van der Waals surface area contributed by atoms with Gasteiger partial charge < -0.3 is 19.7 Å². The highest BCUT2D eigenvalue weighted by molar-refractivity contribution is 6.32. The van der Waals surface area contributed by atoms with Crippen molar-refractivity contribution in [2.45, 2.75) is 26.8 Å². The van der Waals surface area contributed by atoms with E-state index in [1.54, 1.807) is 6.07 Å². The van der Waals surface area contributed by atoms with Crippen LogP contribution in [0, 0.1) is 10.8 Å². The first-order valence-electron chi connectivity index (χ1n) is 8.57. The van der Waals surface area contributed by atoms with Gasteiger partial charge in [0.15, 0.2) is 11.5 Å². The van der Waals surface area contributed by atoms with E-state index in [4.69, 9.17) is 21.1 Å². The number of nitrogens with zero attached hydrogens (tertiary/aromatic N) is 1. The normalized spacial score (nSPS) is 27.0. The Hall–Kier alpha value is -1.99. The van der Waals surface area contributed by atoms with Gasteiger partial charge in [0.2, 0.25) is 0 Å². The lowest BCUT2D eigenvalue weighted by Crippen LogP contribution is -2.28. The smallest absolute Gasteiger partial charge is 0.312 e. The van der Waals surface area contributed by atoms with Gasteiger partial charge in [-0.05, 0) is 38.0 Å². The molecule has 0 aromatic heterocycles. The molecule has 3 rings (SSSR count). The molecule has 0 amide bonds. The molecule has 1 aliphatic carbocycles. The van der Waals surface area contributed by atoms with Crippen LogP contribution >= 0.6 is 11.6 Å². The number of carbonyl (C=O) groups is 2. The predicted molar refractivity (Wildman–Crippen MR) is 93.8 cm³/mol. The van der Waals surface area contributed by atoms with Gasteiger partial charge in [-0.2, -0.15) is 0 Å². The van der Waals surface area contributed by atoms with E-state index >= 15 is 0 Å². The van der Waals surface area contributed by atoms with E-state index in [1.165, 1.54) is 0 Å². The molecule has 2 aliphatic rings. The Morgan fingerprint density at radius 1 is 1.12 bits per heavy atom. The molecule has 1 aromatic rings. The summed E-state index contributed by atoms with van der Waals surface area (Å²) in [4.78, 5) is 25.1. The number of carboxylic acid groups (broad SMARTS) is 2. The lowest BCUT2D eigenvalue weighted by Gasteiger charge is -2.21. The van der Waals surface area contributed by atoms with Crippen molar-refractivity contribution in [3.8, 4) is 11.5 Å². The van der Waals surface area contributed by atoms with Crippen molar-refractivity contribution >= 4 is 23.5 Å². The van der Waals surface area contributed by atoms with Crippen molar-refractivity contribution in [2.75, 3.05) is 26.3 Å². The first-order valence-corrected chi connectivity index (χ1v) is 8.94. The number of aliphatic carboxylic acids is 2. The fourth-order valence-electron chi connectivity index (χ4n) is 4.03. The molecule has 0 unspecified atom stereocenters. The van der Waals surface area contributed by atoms with Crippen LogP contribution < -0.4 is 9.47 Å². The number of fused-ring (bicyclic) bond motifs is 1. The van der Waals surface area contributed by atoms with Gasteiger partial charge in [0.1, 0.15) is 0 Å². The van der Waals surface area contributed by atoms with Crippen molar-refractivity contribution in [3.63, 3.8) is 0 Å². The number of carboxylic acids is 2. The number of likely N-dealkylation sites (tertiary alicyclic amines) is 1. The molecule has 1 aliphatic heterocycles. The van der Waals surface area contributed by atoms with Crippen LogP contribution in [0.2, 0.25) is 5.02 Å². The van der Waals surface area contributed by atoms with E-state index in [0.717, 1.165) is 5.56 Å². The maximum absolute atomic E-state index is 11.6. The summed E-state index contributed by atoms with van der Waals surface area (Å²) >= 11 is 6.32. The summed E-state index contributed by atoms with van der Waals surface area (Å²) in [5.74, 6) is -1.07. The highest BCUT2D eigenvalue weighted by Crippen LogP contribution is 2.68. The minimum Gasteiger partial charge on any atom is -0.490 e. The average Bonchev–Trinajstić information content (AvgIpc) is 3.10. The Morgan fingerprint density at radius 3 is 2.19 bits per heavy atom. The molecule has 2 fully saturated rings. The summed E-state index contributed by atoms with van der Waals surface area (Å²) in [5, 5.41) is 19.5. The van der Waals surface area contributed by atoms with Crippen LogP contribution in [-0.2, 0) is 16.1 Å². The van der Waals surface area contributed by atoms with Crippen LogP contribution in [0.25, 0.3) is 0 Å². The van der Waals surface area contributed by atoms with Gasteiger partial charge in [0.25, 0.3) is 0 Å². The molecule has 1 saturated heterocycles. The third kappa shape index (κ3) is 2.79. The second-order valence-corrected chi connectivity index (χ2v) is 7.27. The summed E-state index contributed by atoms with van der Waals surface area (Å²) in [6.07, 6.45) is 0.190. The Balaban J connectivity index is 1.82. The van der Waals surface area contributed by atoms with Crippen LogP contribution in [0.4, 0.5) is 0 Å². The van der Waals surface area contributed by atoms with Crippen LogP contribution in [0.3, 0.4) is 0 Å². The van der Waals surface area contributed by atoms with E-state index in [0.29, 0.717) is 36.3 Å². The fraction of sp³-hybridized carbons (Fsp3) is 0.556. The predicted octanol–water partition coefficient (Wildman–Crippen LogP) is 2.50. The molecule has 8 heteroatoms. The molecule has 2 N–H and O–H groups in total. The quantitative estimate of drug-likeness (QED) is 0.711. The van der Waals surface area contributed by atoms with Crippen molar-refractivity contribution in [1.82, 2.24) is 4.90 Å². The van der Waals surface area contributed by atoms with Crippen molar-refractivity contribution in [3.05, 3.63) is 22.7 Å². The summed E-state index contributed by atoms with van der Waals surface area (Å²) < 4.78 is 11.1. The Bertz CT molecular complexity index is 725. The van der Waals surface area contributed by atoms with Crippen LogP contribution in [0.1, 0.15) is 25.8 Å². The van der Waals surface area contributed by atoms with Gasteiger partial charge in [-0.15, -0.1) is 0 Å². The fourth-order valence-corrected chi connectivity index (χ4v) is 4.32. The van der Waals surface area contributed by atoms with Crippen molar-refractivity contribution < 1.29 is 29.3 Å². The molecule has 0 spiro atoms. The summed E-state index contributed by atoms with van der Waals surface area (Å²) in [6, 6.07) is 3.56. The van der Waals surface area contributed by atoms with Gasteiger partial charge in [0, 0.05) is 19.6 Å². The lowest BCUT2D eigenvalue weighted by atomic mass is 9.97. The van der Waals surface area contributed by atoms with Crippen LogP contribution in [0.15, 0.2) is 12.1 Å². The average molecular weight is 384 g/mol. The number of benzene rings is 1. The molecular formula is C18H22ClNO6. The van der Waals surface area contributed by atoms with E-state index in [-0.39, 0.29) is 19.5 Å². The molecule has 7 nitrogen and oxygen atoms in total. The SMILES string of the molecule is CCOc1cc(CN2C[C@@]3(C(=O)O)C[C@@]3(C(=O)O)C2)cc(Cl)c1OCC. The zero-order valence-corrected chi connectivity index (χ0v) is 15.5. The number of hydrogen-bond donors (Lipinski definition) is 2. The molecule has 0 bridgehead atoms. The summed E-state index contributed by atoms with van der Waals surface area (Å²) in [6.45, 7) is 5.44. The second-order valence-electron chi connectivity index (χ2n) is 6.87. The third-order valence-electron chi connectivity index (χ3n) is 5.26. The summed E-state index contributed by atoms with van der Waals surface area (Å²) in [7, 11) is 0. The molecule has 142 valence electrons. The maximum atomic E-state index is 11.6. The lowest BCUT2D eigenvalue weighted by molar-refractivity contribution is -0.151. The Kier molecular flexibility index (Phi) is 4.79. The minimum absolute atomic E-state index is 0.190. The van der Waals surface area contributed by atoms with E-state index < -0.39 is 22.8 Å². The molecule has 1 aromatic carbocycles. The largest absolute Gasteiger partial charge is 0.490 e. The van der Waals surface area contributed by atoms with E-state index in [2.05, 4.69) is 0 Å². The van der Waals surface area contributed by atoms with E-state index in [9.17, 15) is 19.8 Å². The standard InChI is InChI=1S/C18H22ClNO6/c1-3-25-13-6-11(5-12(19)14(13)26-4-2)7-20-9-17(15(21)22)8-18(17,10-20)16(23)24/h5-6H,3-4,7-10H2,1-2H3,(H,21,22)(H,23,24)/t17-,18+. The van der Waals surface area contributed by atoms with Gasteiger partial charge in [-0.3, -0.25) is 14.5 Å². The van der Waals surface area contributed by atoms with Crippen LogP contribution in [-0.4, -0.2) is 53.4 Å². The third-order valence-corrected chi connectivity index (χ3v) is 5.55. The summed E-state index contributed by atoms with van der Waals surface area (Å²) in [5.41, 5.74) is -1.54. The van der Waals surface area contributed by atoms with Crippen molar-refractivity contribution in [2.24, 2.45) is 10.8 Å². The first kappa shape index (κ1) is 18.8. The monoisotopic (exact) mass is 383 g/mol. The number of halogens is 1. The highest BCUT2D eigenvalue weighted by atomic mass is 35.5. The van der Waals surface area contributed by atoms with E-state index in [1.807, 2.05) is 24.8 Å². The molecule has 0 radical (unpaired) electrons. The topological polar surface area (TPSA) is 96.3 Å². The Labute approximate surface area is 156 Å². The highest BCUT2D eigenvalue weighted by Gasteiger charge is 2.80. The molecule has 1 heterocycles. The van der Waals surface area contributed by atoms with Crippen molar-refractivity contribution in [1.29, 1.82) is 0 Å². The molecule has 1 saturated carbocycles. The number of ether oxygens (including phenoxy) is 2. The molecular weight excluding hydrogens is 362 g/mol. The minimum atomic E-state index is -1.18. The molecule has 26 heavy (non-hydrogen) atoms. The second kappa shape index (κ2) is 6.63. The first-order chi connectivity index (χ1) is 12.3. The van der Waals surface area contributed by atoms with Gasteiger partial charge in [0.05, 0.1) is 29.1 Å². The van der Waals surface area contributed by atoms with Gasteiger partial charge in [-0.25, -0.2) is 0 Å². The zero-order valence-electron chi connectivity index (χ0n) is 14.7. The van der Waals surface area contributed by atoms with Crippen LogP contribution in [0.5, 0.6) is 11.5 Å².